The highest BCUT2D eigenvalue weighted by atomic mass is 15.2. The number of piperidine rings is 1. The molecular weight excluding hydrogens is 196 g/mol. The minimum Gasteiger partial charge on any atom is -0.317 e. The summed E-state index contributed by atoms with van der Waals surface area (Å²) in [6, 6.07) is 1.49. The highest BCUT2D eigenvalue weighted by Gasteiger charge is 2.27. The van der Waals surface area contributed by atoms with E-state index >= 15 is 0 Å². The Morgan fingerprint density at radius 1 is 1.38 bits per heavy atom. The summed E-state index contributed by atoms with van der Waals surface area (Å²) in [5.41, 5.74) is 0. The molecule has 0 bridgehead atoms. The molecule has 0 radical (unpaired) electrons. The number of likely N-dealkylation sites (tertiary alicyclic amines) is 1. The topological polar surface area (TPSA) is 15.3 Å². The van der Waals surface area contributed by atoms with Crippen molar-refractivity contribution in [3.8, 4) is 0 Å². The Kier molecular flexibility index (Phi) is 5.77. The summed E-state index contributed by atoms with van der Waals surface area (Å²) in [4.78, 5) is 2.69. The third-order valence-electron chi connectivity index (χ3n) is 4.37. The van der Waals surface area contributed by atoms with E-state index < -0.39 is 0 Å². The SMILES string of the molecule is CCC(C)CC(C)N1CCC(NC)C(C)C1. The van der Waals surface area contributed by atoms with Crippen LogP contribution in [0.2, 0.25) is 0 Å². The molecule has 0 aliphatic carbocycles. The number of rotatable bonds is 5. The van der Waals surface area contributed by atoms with Gasteiger partial charge in [0.15, 0.2) is 0 Å². The first kappa shape index (κ1) is 14.0. The summed E-state index contributed by atoms with van der Waals surface area (Å²) < 4.78 is 0. The van der Waals surface area contributed by atoms with Gasteiger partial charge in [0.05, 0.1) is 0 Å². The van der Waals surface area contributed by atoms with Gasteiger partial charge >= 0.3 is 0 Å². The second-order valence-electron chi connectivity index (χ2n) is 5.75. The fourth-order valence-corrected chi connectivity index (χ4v) is 2.91. The lowest BCUT2D eigenvalue weighted by Gasteiger charge is -2.40. The fourth-order valence-electron chi connectivity index (χ4n) is 2.91. The van der Waals surface area contributed by atoms with Gasteiger partial charge < -0.3 is 10.2 Å². The van der Waals surface area contributed by atoms with Gasteiger partial charge in [-0.05, 0) is 45.2 Å². The van der Waals surface area contributed by atoms with E-state index in [1.54, 1.807) is 0 Å². The van der Waals surface area contributed by atoms with Crippen molar-refractivity contribution in [2.45, 2.75) is 59.0 Å². The van der Waals surface area contributed by atoms with Crippen LogP contribution in [0, 0.1) is 11.8 Å². The van der Waals surface area contributed by atoms with E-state index in [1.165, 1.54) is 32.4 Å². The molecule has 1 saturated heterocycles. The lowest BCUT2D eigenvalue weighted by Crippen LogP contribution is -2.50. The van der Waals surface area contributed by atoms with Gasteiger partial charge in [-0.3, -0.25) is 0 Å². The largest absolute Gasteiger partial charge is 0.317 e. The highest BCUT2D eigenvalue weighted by Crippen LogP contribution is 2.22. The Labute approximate surface area is 102 Å². The maximum absolute atomic E-state index is 3.44. The van der Waals surface area contributed by atoms with Crippen LogP contribution < -0.4 is 5.32 Å². The average molecular weight is 226 g/mol. The number of hydrogen-bond donors (Lipinski definition) is 1. The molecule has 0 saturated carbocycles. The normalized spacial score (nSPS) is 31.3. The van der Waals surface area contributed by atoms with Crippen molar-refractivity contribution < 1.29 is 0 Å². The van der Waals surface area contributed by atoms with Gasteiger partial charge in [-0.1, -0.05) is 27.2 Å². The van der Waals surface area contributed by atoms with Crippen molar-refractivity contribution >= 4 is 0 Å². The summed E-state index contributed by atoms with van der Waals surface area (Å²) in [5.74, 6) is 1.66. The highest BCUT2D eigenvalue weighted by molar-refractivity contribution is 4.84. The molecule has 1 fully saturated rings. The first-order valence-electron chi connectivity index (χ1n) is 6.99. The second kappa shape index (κ2) is 6.61. The van der Waals surface area contributed by atoms with Gasteiger partial charge in [-0.2, -0.15) is 0 Å². The maximum atomic E-state index is 3.44. The van der Waals surface area contributed by atoms with Crippen LogP contribution in [0.5, 0.6) is 0 Å². The lowest BCUT2D eigenvalue weighted by atomic mass is 9.91. The van der Waals surface area contributed by atoms with Crippen molar-refractivity contribution in [3.05, 3.63) is 0 Å². The van der Waals surface area contributed by atoms with E-state index in [0.717, 1.165) is 23.9 Å². The van der Waals surface area contributed by atoms with Gasteiger partial charge in [-0.15, -0.1) is 0 Å². The van der Waals surface area contributed by atoms with Crippen LogP contribution in [0.25, 0.3) is 0 Å². The van der Waals surface area contributed by atoms with Crippen molar-refractivity contribution in [3.63, 3.8) is 0 Å². The molecule has 1 aliphatic rings. The zero-order chi connectivity index (χ0) is 12.1. The van der Waals surface area contributed by atoms with E-state index in [-0.39, 0.29) is 0 Å². The predicted octanol–water partition coefficient (Wildman–Crippen LogP) is 2.74. The molecule has 1 heterocycles. The van der Waals surface area contributed by atoms with Crippen LogP contribution in [-0.4, -0.2) is 37.1 Å². The van der Waals surface area contributed by atoms with E-state index in [1.807, 2.05) is 0 Å². The molecule has 1 N–H and O–H groups in total. The van der Waals surface area contributed by atoms with Crippen LogP contribution >= 0.6 is 0 Å². The molecule has 0 aromatic carbocycles. The van der Waals surface area contributed by atoms with Crippen LogP contribution in [-0.2, 0) is 0 Å². The molecule has 4 atom stereocenters. The van der Waals surface area contributed by atoms with Gasteiger partial charge in [0.2, 0.25) is 0 Å². The summed E-state index contributed by atoms with van der Waals surface area (Å²) in [6.07, 6.45) is 3.98. The lowest BCUT2D eigenvalue weighted by molar-refractivity contribution is 0.102. The van der Waals surface area contributed by atoms with Crippen molar-refractivity contribution in [1.29, 1.82) is 0 Å². The average Bonchev–Trinajstić information content (AvgIpc) is 2.28. The fraction of sp³-hybridized carbons (Fsp3) is 1.00. The summed E-state index contributed by atoms with van der Waals surface area (Å²) in [6.45, 7) is 12.0. The number of hydrogen-bond acceptors (Lipinski definition) is 2. The first-order chi connectivity index (χ1) is 7.58. The summed E-state index contributed by atoms with van der Waals surface area (Å²) in [7, 11) is 2.10. The van der Waals surface area contributed by atoms with E-state index in [4.69, 9.17) is 0 Å². The zero-order valence-electron chi connectivity index (χ0n) is 11.8. The van der Waals surface area contributed by atoms with Gasteiger partial charge in [0.1, 0.15) is 0 Å². The van der Waals surface area contributed by atoms with Gasteiger partial charge in [-0.25, -0.2) is 0 Å². The molecule has 4 unspecified atom stereocenters. The van der Waals surface area contributed by atoms with Crippen molar-refractivity contribution in [1.82, 2.24) is 10.2 Å². The van der Waals surface area contributed by atoms with E-state index in [0.29, 0.717) is 0 Å². The summed E-state index contributed by atoms with van der Waals surface area (Å²) in [5, 5.41) is 3.44. The Bertz CT molecular complexity index is 193. The number of nitrogens with zero attached hydrogens (tertiary/aromatic N) is 1. The molecule has 0 spiro atoms. The molecular formula is C14H30N2. The Hall–Kier alpha value is -0.0800. The molecule has 0 amide bonds. The molecule has 0 aromatic heterocycles. The van der Waals surface area contributed by atoms with Gasteiger partial charge in [0, 0.05) is 18.6 Å². The molecule has 96 valence electrons. The molecule has 1 rings (SSSR count). The zero-order valence-corrected chi connectivity index (χ0v) is 11.8. The Morgan fingerprint density at radius 3 is 2.56 bits per heavy atom. The third-order valence-corrected chi connectivity index (χ3v) is 4.37. The molecule has 16 heavy (non-hydrogen) atoms. The molecule has 1 aliphatic heterocycles. The van der Waals surface area contributed by atoms with Crippen LogP contribution in [0.15, 0.2) is 0 Å². The first-order valence-corrected chi connectivity index (χ1v) is 6.99. The van der Waals surface area contributed by atoms with Crippen LogP contribution in [0.3, 0.4) is 0 Å². The van der Waals surface area contributed by atoms with Crippen LogP contribution in [0.1, 0.15) is 47.0 Å². The minimum atomic E-state index is 0.729. The van der Waals surface area contributed by atoms with E-state index in [9.17, 15) is 0 Å². The standard InChI is InChI=1S/C14H30N2/c1-6-11(2)9-13(4)16-8-7-14(15-5)12(3)10-16/h11-15H,6-10H2,1-5H3. The monoisotopic (exact) mass is 226 g/mol. The maximum Gasteiger partial charge on any atom is 0.0114 e. The van der Waals surface area contributed by atoms with Gasteiger partial charge in [0.25, 0.3) is 0 Å². The Balaban J connectivity index is 2.38. The Morgan fingerprint density at radius 2 is 2.06 bits per heavy atom. The van der Waals surface area contributed by atoms with Crippen molar-refractivity contribution in [2.24, 2.45) is 11.8 Å². The quantitative estimate of drug-likeness (QED) is 0.775. The smallest absolute Gasteiger partial charge is 0.0114 e. The third kappa shape index (κ3) is 3.74. The molecule has 0 aromatic rings. The van der Waals surface area contributed by atoms with Crippen molar-refractivity contribution in [2.75, 3.05) is 20.1 Å². The van der Waals surface area contributed by atoms with E-state index in [2.05, 4.69) is 45.0 Å². The van der Waals surface area contributed by atoms with Crippen LogP contribution in [0.4, 0.5) is 0 Å². The second-order valence-corrected chi connectivity index (χ2v) is 5.75. The number of nitrogens with one attached hydrogen (secondary N) is 1. The predicted molar refractivity (Wildman–Crippen MR) is 71.7 cm³/mol. The molecule has 2 heteroatoms. The summed E-state index contributed by atoms with van der Waals surface area (Å²) >= 11 is 0. The minimum absolute atomic E-state index is 0.729. The molecule has 2 nitrogen and oxygen atoms in total.